The summed E-state index contributed by atoms with van der Waals surface area (Å²) in [6.07, 6.45) is 2.93. The summed E-state index contributed by atoms with van der Waals surface area (Å²) in [5, 5.41) is 0. The summed E-state index contributed by atoms with van der Waals surface area (Å²) < 4.78 is 6.48. The zero-order valence-corrected chi connectivity index (χ0v) is 17.5. The van der Waals surface area contributed by atoms with Gasteiger partial charge in [-0.1, -0.05) is 94.4 Å². The van der Waals surface area contributed by atoms with Crippen LogP contribution in [-0.4, -0.2) is 0 Å². The second-order valence-corrected chi connectivity index (χ2v) is 7.81. The number of benzene rings is 3. The molecule has 1 heteroatoms. The highest BCUT2D eigenvalue weighted by Crippen LogP contribution is 2.31. The van der Waals surface area contributed by atoms with E-state index in [0.717, 1.165) is 24.7 Å². The Bertz CT molecular complexity index is 849. The van der Waals surface area contributed by atoms with Gasteiger partial charge in [-0.05, 0) is 47.1 Å². The van der Waals surface area contributed by atoms with Crippen LogP contribution in [0.3, 0.4) is 0 Å². The summed E-state index contributed by atoms with van der Waals surface area (Å²) in [7, 11) is 0. The zero-order chi connectivity index (χ0) is 19.9. The van der Waals surface area contributed by atoms with Crippen molar-refractivity contribution in [1.29, 1.82) is 0 Å². The van der Waals surface area contributed by atoms with Gasteiger partial charge in [-0.3, -0.25) is 0 Å². The van der Waals surface area contributed by atoms with Crippen LogP contribution >= 0.6 is 0 Å². The molecule has 0 aliphatic rings. The summed E-state index contributed by atoms with van der Waals surface area (Å²) in [6.45, 7) is 8.96. The van der Waals surface area contributed by atoms with Crippen molar-refractivity contribution in [2.75, 3.05) is 0 Å². The molecule has 1 atom stereocenters. The molecule has 3 aromatic rings. The van der Waals surface area contributed by atoms with Crippen molar-refractivity contribution >= 4 is 0 Å². The molecule has 0 fully saturated rings. The Labute approximate surface area is 170 Å². The first-order valence-corrected chi connectivity index (χ1v) is 10.3. The molecular weight excluding hydrogens is 340 g/mol. The van der Waals surface area contributed by atoms with Gasteiger partial charge in [0.15, 0.2) is 6.10 Å². The Balaban J connectivity index is 1.91. The van der Waals surface area contributed by atoms with E-state index in [4.69, 9.17) is 4.74 Å². The Morgan fingerprint density at radius 2 is 1.43 bits per heavy atom. The molecule has 0 N–H and O–H groups in total. The van der Waals surface area contributed by atoms with Crippen molar-refractivity contribution in [2.45, 2.75) is 52.4 Å². The summed E-state index contributed by atoms with van der Waals surface area (Å²) in [5.41, 5.74) is 5.14. The van der Waals surface area contributed by atoms with Crippen LogP contribution in [0.4, 0.5) is 0 Å². The quantitative estimate of drug-likeness (QED) is 0.398. The molecule has 0 spiro atoms. The number of ether oxygens (including phenoxy) is 1. The Kier molecular flexibility index (Phi) is 6.92. The summed E-state index contributed by atoms with van der Waals surface area (Å²) >= 11 is 0. The third kappa shape index (κ3) is 5.04. The number of hydrogen-bond donors (Lipinski definition) is 0. The molecule has 0 aromatic heterocycles. The van der Waals surface area contributed by atoms with E-state index in [2.05, 4.69) is 107 Å². The maximum Gasteiger partial charge on any atom is 0.182 e. The van der Waals surface area contributed by atoms with Crippen molar-refractivity contribution in [3.8, 4) is 5.75 Å². The first-order chi connectivity index (χ1) is 13.6. The minimum absolute atomic E-state index is 0.443. The smallest absolute Gasteiger partial charge is 0.182 e. The molecule has 0 aliphatic heterocycles. The lowest BCUT2D eigenvalue weighted by atomic mass is 9.91. The molecule has 0 amide bonds. The van der Waals surface area contributed by atoms with Gasteiger partial charge >= 0.3 is 0 Å². The van der Waals surface area contributed by atoms with E-state index in [-0.39, 0.29) is 0 Å². The van der Waals surface area contributed by atoms with Gasteiger partial charge in [0, 0.05) is 12.0 Å². The van der Waals surface area contributed by atoms with Crippen LogP contribution in [-0.2, 0) is 6.42 Å². The van der Waals surface area contributed by atoms with E-state index in [0.29, 0.717) is 11.8 Å². The van der Waals surface area contributed by atoms with Crippen LogP contribution in [0, 0.1) is 6.10 Å². The monoisotopic (exact) mass is 371 g/mol. The van der Waals surface area contributed by atoms with Crippen LogP contribution in [0.5, 0.6) is 5.75 Å². The third-order valence-corrected chi connectivity index (χ3v) is 5.39. The maximum absolute atomic E-state index is 6.48. The largest absolute Gasteiger partial charge is 0.478 e. The number of rotatable bonds is 8. The molecule has 0 heterocycles. The van der Waals surface area contributed by atoms with Crippen molar-refractivity contribution in [3.63, 3.8) is 0 Å². The van der Waals surface area contributed by atoms with Gasteiger partial charge in [0.2, 0.25) is 0 Å². The standard InChI is InChI=1S/C27H31O/c1-5-21(4)23-15-17-24(18-16-23)28-27(19-22-11-7-6-8-12-22)26-14-10-9-13-25(26)20(2)3/h6-18,20-21H,5,19H2,1-4H3. The van der Waals surface area contributed by atoms with E-state index in [1.54, 1.807) is 0 Å². The van der Waals surface area contributed by atoms with Crippen molar-refractivity contribution in [3.05, 3.63) is 107 Å². The Morgan fingerprint density at radius 1 is 0.786 bits per heavy atom. The lowest BCUT2D eigenvalue weighted by Gasteiger charge is -2.23. The van der Waals surface area contributed by atoms with E-state index in [1.165, 1.54) is 22.3 Å². The molecule has 28 heavy (non-hydrogen) atoms. The molecule has 0 bridgehead atoms. The molecule has 0 saturated heterocycles. The van der Waals surface area contributed by atoms with Gasteiger partial charge in [0.25, 0.3) is 0 Å². The second kappa shape index (κ2) is 9.59. The van der Waals surface area contributed by atoms with Gasteiger partial charge < -0.3 is 4.74 Å². The molecule has 145 valence electrons. The molecule has 1 unspecified atom stereocenters. The highest BCUT2D eigenvalue weighted by atomic mass is 16.5. The van der Waals surface area contributed by atoms with E-state index in [1.807, 2.05) is 0 Å². The molecule has 1 radical (unpaired) electrons. The lowest BCUT2D eigenvalue weighted by molar-refractivity contribution is 0.341. The van der Waals surface area contributed by atoms with Gasteiger partial charge in [0.05, 0.1) is 0 Å². The average molecular weight is 372 g/mol. The van der Waals surface area contributed by atoms with E-state index < -0.39 is 0 Å². The number of hydrogen-bond acceptors (Lipinski definition) is 1. The molecule has 1 nitrogen and oxygen atoms in total. The Morgan fingerprint density at radius 3 is 2.07 bits per heavy atom. The topological polar surface area (TPSA) is 9.23 Å². The minimum Gasteiger partial charge on any atom is -0.478 e. The van der Waals surface area contributed by atoms with Gasteiger partial charge in [0.1, 0.15) is 5.75 Å². The van der Waals surface area contributed by atoms with E-state index >= 15 is 0 Å². The van der Waals surface area contributed by atoms with Crippen LogP contribution in [0.25, 0.3) is 0 Å². The first kappa shape index (κ1) is 20.2. The van der Waals surface area contributed by atoms with Crippen LogP contribution < -0.4 is 4.74 Å². The first-order valence-electron chi connectivity index (χ1n) is 10.3. The fourth-order valence-electron chi connectivity index (χ4n) is 3.46. The molecule has 0 aliphatic carbocycles. The highest BCUT2D eigenvalue weighted by Gasteiger charge is 2.21. The predicted molar refractivity (Wildman–Crippen MR) is 119 cm³/mol. The summed E-state index contributed by atoms with van der Waals surface area (Å²) in [6, 6.07) is 27.7. The normalized spacial score (nSPS) is 12.4. The third-order valence-electron chi connectivity index (χ3n) is 5.39. The SMILES string of the molecule is CCC(C)c1ccc(O[C](Cc2ccccc2)c2ccccc2C(C)C)cc1. The van der Waals surface area contributed by atoms with Crippen LogP contribution in [0.15, 0.2) is 78.9 Å². The van der Waals surface area contributed by atoms with Crippen LogP contribution in [0.2, 0.25) is 0 Å². The molecule has 3 aromatic carbocycles. The fraction of sp³-hybridized carbons (Fsp3) is 0.296. The molecule has 0 saturated carbocycles. The van der Waals surface area contributed by atoms with Gasteiger partial charge in [-0.2, -0.15) is 0 Å². The lowest BCUT2D eigenvalue weighted by Crippen LogP contribution is -2.15. The maximum atomic E-state index is 6.48. The summed E-state index contributed by atoms with van der Waals surface area (Å²) in [4.78, 5) is 0. The Hall–Kier alpha value is -2.54. The van der Waals surface area contributed by atoms with Gasteiger partial charge in [-0.25, -0.2) is 0 Å². The minimum atomic E-state index is 0.443. The van der Waals surface area contributed by atoms with Crippen LogP contribution in [0.1, 0.15) is 68.2 Å². The van der Waals surface area contributed by atoms with Crippen molar-refractivity contribution in [1.82, 2.24) is 0 Å². The summed E-state index contributed by atoms with van der Waals surface area (Å²) in [5.74, 6) is 1.92. The van der Waals surface area contributed by atoms with Crippen molar-refractivity contribution < 1.29 is 4.74 Å². The fourth-order valence-corrected chi connectivity index (χ4v) is 3.46. The molecular formula is C27H31O. The second-order valence-electron chi connectivity index (χ2n) is 7.81. The van der Waals surface area contributed by atoms with Gasteiger partial charge in [-0.15, -0.1) is 0 Å². The predicted octanol–water partition coefficient (Wildman–Crippen LogP) is 7.53. The van der Waals surface area contributed by atoms with E-state index in [9.17, 15) is 0 Å². The zero-order valence-electron chi connectivity index (χ0n) is 17.5. The average Bonchev–Trinajstić information content (AvgIpc) is 2.74. The highest BCUT2D eigenvalue weighted by molar-refractivity contribution is 5.42. The molecule has 3 rings (SSSR count). The van der Waals surface area contributed by atoms with Crippen molar-refractivity contribution in [2.24, 2.45) is 0 Å².